The third kappa shape index (κ3) is 6.25. The van der Waals surface area contributed by atoms with E-state index in [4.69, 9.17) is 25.8 Å². The number of hydrogen-bond acceptors (Lipinski definition) is 7. The Hall–Kier alpha value is -2.98. The van der Waals surface area contributed by atoms with Crippen LogP contribution in [0.15, 0.2) is 36.4 Å². The van der Waals surface area contributed by atoms with Crippen LogP contribution in [-0.2, 0) is 19.6 Å². The lowest BCUT2D eigenvalue weighted by molar-refractivity contribution is -0.114. The summed E-state index contributed by atoms with van der Waals surface area (Å²) in [5.74, 6) is -0.516. The zero-order chi connectivity index (χ0) is 23.2. The Balaban J connectivity index is 2.25. The minimum absolute atomic E-state index is 0.0908. The Labute approximate surface area is 185 Å². The molecule has 0 aliphatic carbocycles. The molecule has 0 aliphatic heterocycles. The number of nitrogens with zero attached hydrogens (tertiary/aromatic N) is 1. The number of rotatable bonds is 9. The predicted molar refractivity (Wildman–Crippen MR) is 118 cm³/mol. The molecule has 2 rings (SSSR count). The fourth-order valence-electron chi connectivity index (χ4n) is 2.67. The van der Waals surface area contributed by atoms with Crippen molar-refractivity contribution in [2.24, 2.45) is 0 Å². The number of esters is 1. The van der Waals surface area contributed by atoms with Gasteiger partial charge < -0.3 is 19.5 Å². The number of carbonyl (C=O) groups excluding carboxylic acids is 2. The summed E-state index contributed by atoms with van der Waals surface area (Å²) >= 11 is 6.10. The van der Waals surface area contributed by atoms with E-state index >= 15 is 0 Å². The standard InChI is InChI=1S/C20H23ClN2O7S/c1-5-30-20(25)15-8-6-13(10-16(15)21)22-19(24)12-23(31(4,26)27)17-9-7-14(28-2)11-18(17)29-3/h6-11H,5,12H2,1-4H3,(H,22,24). The molecular formula is C20H23ClN2O7S. The molecule has 0 bridgehead atoms. The number of methoxy groups -OCH3 is 2. The highest BCUT2D eigenvalue weighted by Crippen LogP contribution is 2.33. The van der Waals surface area contributed by atoms with Crippen molar-refractivity contribution >= 4 is 44.9 Å². The zero-order valence-electron chi connectivity index (χ0n) is 17.5. The molecule has 1 amide bonds. The van der Waals surface area contributed by atoms with Crippen molar-refractivity contribution in [2.75, 3.05) is 43.2 Å². The second-order valence-electron chi connectivity index (χ2n) is 6.27. The molecule has 0 saturated carbocycles. The van der Waals surface area contributed by atoms with Crippen molar-refractivity contribution in [3.05, 3.63) is 47.0 Å². The van der Waals surface area contributed by atoms with Crippen molar-refractivity contribution in [1.82, 2.24) is 0 Å². The highest BCUT2D eigenvalue weighted by Gasteiger charge is 2.24. The summed E-state index contributed by atoms with van der Waals surface area (Å²) < 4.78 is 40.9. The first-order valence-electron chi connectivity index (χ1n) is 9.07. The Bertz CT molecular complexity index is 1070. The van der Waals surface area contributed by atoms with Gasteiger partial charge in [-0.25, -0.2) is 13.2 Å². The zero-order valence-corrected chi connectivity index (χ0v) is 19.0. The number of anilines is 2. The van der Waals surface area contributed by atoms with E-state index in [-0.39, 0.29) is 34.3 Å². The molecule has 2 aromatic rings. The molecule has 0 radical (unpaired) electrons. The lowest BCUT2D eigenvalue weighted by atomic mass is 10.2. The SMILES string of the molecule is CCOC(=O)c1ccc(NC(=O)CN(c2ccc(OC)cc2OC)S(C)(=O)=O)cc1Cl. The Morgan fingerprint density at radius 2 is 1.81 bits per heavy atom. The van der Waals surface area contributed by atoms with E-state index in [9.17, 15) is 18.0 Å². The van der Waals surface area contributed by atoms with E-state index in [2.05, 4.69) is 5.32 Å². The number of carbonyl (C=O) groups is 2. The average molecular weight is 471 g/mol. The van der Waals surface area contributed by atoms with Gasteiger partial charge in [0.2, 0.25) is 15.9 Å². The van der Waals surface area contributed by atoms with Gasteiger partial charge in [0.15, 0.2) is 0 Å². The third-order valence-electron chi connectivity index (χ3n) is 4.09. The van der Waals surface area contributed by atoms with E-state index in [0.29, 0.717) is 5.75 Å². The summed E-state index contributed by atoms with van der Waals surface area (Å²) in [7, 11) is -0.978. The van der Waals surface area contributed by atoms with Gasteiger partial charge in [-0.15, -0.1) is 0 Å². The lowest BCUT2D eigenvalue weighted by Gasteiger charge is -2.24. The van der Waals surface area contributed by atoms with Crippen LogP contribution in [0.5, 0.6) is 11.5 Å². The van der Waals surface area contributed by atoms with E-state index in [1.54, 1.807) is 13.0 Å². The van der Waals surface area contributed by atoms with Gasteiger partial charge in [-0.2, -0.15) is 0 Å². The van der Waals surface area contributed by atoms with Crippen molar-refractivity contribution < 1.29 is 32.2 Å². The highest BCUT2D eigenvalue weighted by atomic mass is 35.5. The maximum Gasteiger partial charge on any atom is 0.339 e. The molecule has 2 aromatic carbocycles. The first-order valence-corrected chi connectivity index (χ1v) is 11.3. The molecule has 0 aliphatic rings. The van der Waals surface area contributed by atoms with Gasteiger partial charge in [0.05, 0.1) is 43.4 Å². The summed E-state index contributed by atoms with van der Waals surface area (Å²) in [5, 5.41) is 2.66. The van der Waals surface area contributed by atoms with Crippen LogP contribution < -0.4 is 19.1 Å². The molecule has 9 nitrogen and oxygen atoms in total. The van der Waals surface area contributed by atoms with E-state index in [1.165, 1.54) is 44.6 Å². The van der Waals surface area contributed by atoms with E-state index in [1.807, 2.05) is 0 Å². The average Bonchev–Trinajstić information content (AvgIpc) is 2.71. The number of sulfonamides is 1. The quantitative estimate of drug-likeness (QED) is 0.561. The van der Waals surface area contributed by atoms with Crippen LogP contribution in [-0.4, -0.2) is 53.9 Å². The van der Waals surface area contributed by atoms with Gasteiger partial charge in [-0.3, -0.25) is 9.10 Å². The number of nitrogens with one attached hydrogen (secondary N) is 1. The second kappa shape index (κ2) is 10.4. The van der Waals surface area contributed by atoms with Gasteiger partial charge in [-0.1, -0.05) is 11.6 Å². The van der Waals surface area contributed by atoms with Crippen molar-refractivity contribution in [1.29, 1.82) is 0 Å². The van der Waals surface area contributed by atoms with Crippen LogP contribution in [0.4, 0.5) is 11.4 Å². The lowest BCUT2D eigenvalue weighted by Crippen LogP contribution is -2.37. The molecule has 31 heavy (non-hydrogen) atoms. The minimum atomic E-state index is -3.83. The normalized spacial score (nSPS) is 10.9. The van der Waals surface area contributed by atoms with Crippen molar-refractivity contribution in [3.8, 4) is 11.5 Å². The molecule has 0 atom stereocenters. The van der Waals surface area contributed by atoms with Crippen molar-refractivity contribution in [2.45, 2.75) is 6.92 Å². The number of hydrogen-bond donors (Lipinski definition) is 1. The fraction of sp³-hybridized carbons (Fsp3) is 0.300. The molecule has 0 unspecified atom stereocenters. The van der Waals surface area contributed by atoms with Gasteiger partial charge >= 0.3 is 5.97 Å². The molecule has 11 heteroatoms. The van der Waals surface area contributed by atoms with Gasteiger partial charge in [0.1, 0.15) is 18.0 Å². The summed E-state index contributed by atoms with van der Waals surface area (Å²) in [4.78, 5) is 24.4. The van der Waals surface area contributed by atoms with E-state index < -0.39 is 28.4 Å². The van der Waals surface area contributed by atoms with Crippen LogP contribution >= 0.6 is 11.6 Å². The van der Waals surface area contributed by atoms with Crippen LogP contribution in [0.25, 0.3) is 0 Å². The summed E-state index contributed by atoms with van der Waals surface area (Å²) in [6.45, 7) is 1.36. The molecule has 1 N–H and O–H groups in total. The summed E-state index contributed by atoms with van der Waals surface area (Å²) in [5.41, 5.74) is 0.622. The summed E-state index contributed by atoms with van der Waals surface area (Å²) in [6, 6.07) is 8.81. The molecular weight excluding hydrogens is 448 g/mol. The molecule has 0 heterocycles. The molecule has 0 aromatic heterocycles. The number of halogens is 1. The molecule has 0 fully saturated rings. The molecule has 168 valence electrons. The number of ether oxygens (including phenoxy) is 3. The maximum atomic E-state index is 12.6. The van der Waals surface area contributed by atoms with Crippen LogP contribution in [0.3, 0.4) is 0 Å². The highest BCUT2D eigenvalue weighted by molar-refractivity contribution is 7.92. The Kier molecular flexibility index (Phi) is 8.12. The predicted octanol–water partition coefficient (Wildman–Crippen LogP) is 2.94. The Morgan fingerprint density at radius 3 is 2.35 bits per heavy atom. The van der Waals surface area contributed by atoms with Crippen LogP contribution in [0.2, 0.25) is 5.02 Å². The van der Waals surface area contributed by atoms with Crippen LogP contribution in [0.1, 0.15) is 17.3 Å². The topological polar surface area (TPSA) is 111 Å². The summed E-state index contributed by atoms with van der Waals surface area (Å²) in [6.07, 6.45) is 0.981. The van der Waals surface area contributed by atoms with Gasteiger partial charge in [0, 0.05) is 11.8 Å². The smallest absolute Gasteiger partial charge is 0.339 e. The third-order valence-corrected chi connectivity index (χ3v) is 5.53. The minimum Gasteiger partial charge on any atom is -0.497 e. The van der Waals surface area contributed by atoms with Gasteiger partial charge in [0.25, 0.3) is 0 Å². The van der Waals surface area contributed by atoms with Crippen LogP contribution in [0, 0.1) is 0 Å². The van der Waals surface area contributed by atoms with E-state index in [0.717, 1.165) is 10.6 Å². The fourth-order valence-corrected chi connectivity index (χ4v) is 3.79. The molecule has 0 spiro atoms. The maximum absolute atomic E-state index is 12.6. The number of benzene rings is 2. The molecule has 0 saturated heterocycles. The number of amides is 1. The monoisotopic (exact) mass is 470 g/mol. The Morgan fingerprint density at radius 1 is 1.10 bits per heavy atom. The first-order chi connectivity index (χ1) is 14.6. The second-order valence-corrected chi connectivity index (χ2v) is 8.58. The van der Waals surface area contributed by atoms with Crippen molar-refractivity contribution in [3.63, 3.8) is 0 Å². The van der Waals surface area contributed by atoms with Gasteiger partial charge in [-0.05, 0) is 37.3 Å². The largest absolute Gasteiger partial charge is 0.497 e. The first kappa shape index (κ1) is 24.3.